The first-order valence-electron chi connectivity index (χ1n) is 10.2. The van der Waals surface area contributed by atoms with Crippen molar-refractivity contribution < 1.29 is 9.69 Å². The summed E-state index contributed by atoms with van der Waals surface area (Å²) < 4.78 is 2.21. The van der Waals surface area contributed by atoms with Crippen molar-refractivity contribution in [1.29, 1.82) is 0 Å². The van der Waals surface area contributed by atoms with Crippen molar-refractivity contribution in [2.24, 2.45) is 0 Å². The number of unbranched alkanes of at least 4 members (excludes halogenated alkanes) is 1. The largest absolute Gasteiger partial charge is 0.355 e. The molecular formula is C21H34N5OS+. The summed E-state index contributed by atoms with van der Waals surface area (Å²) in [5, 5.41) is 12.7. The second-order valence-electron chi connectivity index (χ2n) is 7.26. The maximum atomic E-state index is 12.2. The number of amides is 1. The molecule has 154 valence electrons. The van der Waals surface area contributed by atoms with Gasteiger partial charge in [0.15, 0.2) is 11.0 Å². The quantitative estimate of drug-likeness (QED) is 0.532. The average molecular weight is 405 g/mol. The van der Waals surface area contributed by atoms with Gasteiger partial charge in [-0.3, -0.25) is 4.79 Å². The lowest BCUT2D eigenvalue weighted by Crippen LogP contribution is -3.06. The van der Waals surface area contributed by atoms with E-state index in [-0.39, 0.29) is 5.91 Å². The molecule has 1 heterocycles. The number of hydrogen-bond acceptors (Lipinski definition) is 4. The molecule has 0 fully saturated rings. The molecule has 1 atom stereocenters. The number of benzene rings is 1. The fraction of sp³-hybridized carbons (Fsp3) is 0.571. The van der Waals surface area contributed by atoms with Crippen LogP contribution >= 0.6 is 11.8 Å². The van der Waals surface area contributed by atoms with Gasteiger partial charge in [0.1, 0.15) is 6.04 Å². The minimum absolute atomic E-state index is 0.0396. The van der Waals surface area contributed by atoms with Crippen molar-refractivity contribution in [3.8, 4) is 0 Å². The van der Waals surface area contributed by atoms with Gasteiger partial charge in [0.05, 0.1) is 19.8 Å². The van der Waals surface area contributed by atoms with Crippen LogP contribution in [0.2, 0.25) is 0 Å². The van der Waals surface area contributed by atoms with Crippen molar-refractivity contribution >= 4 is 17.7 Å². The van der Waals surface area contributed by atoms with E-state index in [4.69, 9.17) is 0 Å². The highest BCUT2D eigenvalue weighted by molar-refractivity contribution is 7.99. The van der Waals surface area contributed by atoms with E-state index in [1.165, 1.54) is 22.2 Å². The van der Waals surface area contributed by atoms with Gasteiger partial charge in [-0.1, -0.05) is 62.4 Å². The van der Waals surface area contributed by atoms with Gasteiger partial charge in [0.25, 0.3) is 0 Å². The molecule has 2 N–H and O–H groups in total. The number of carbonyl (C=O) groups is 1. The SMILES string of the molecule is CCCCn1c(SCC(=O)NCCc2ccccc2)nnc1[C@H](CC)[NH+](C)C. The zero-order valence-corrected chi connectivity index (χ0v) is 18.4. The van der Waals surface area contributed by atoms with E-state index in [1.807, 2.05) is 18.2 Å². The highest BCUT2D eigenvalue weighted by Crippen LogP contribution is 2.21. The molecule has 7 heteroatoms. The smallest absolute Gasteiger partial charge is 0.230 e. The Balaban J connectivity index is 1.92. The van der Waals surface area contributed by atoms with Gasteiger partial charge in [-0.25, -0.2) is 0 Å². The van der Waals surface area contributed by atoms with Crippen LogP contribution in [0.5, 0.6) is 0 Å². The summed E-state index contributed by atoms with van der Waals surface area (Å²) in [6.07, 6.45) is 4.06. The highest BCUT2D eigenvalue weighted by atomic mass is 32.2. The molecule has 6 nitrogen and oxygen atoms in total. The summed E-state index contributed by atoms with van der Waals surface area (Å²) in [6, 6.07) is 10.5. The molecule has 1 aromatic heterocycles. The third-order valence-corrected chi connectivity index (χ3v) is 5.78. The van der Waals surface area contributed by atoms with E-state index in [0.717, 1.165) is 43.2 Å². The van der Waals surface area contributed by atoms with Crippen LogP contribution in [0, 0.1) is 0 Å². The van der Waals surface area contributed by atoms with E-state index in [0.29, 0.717) is 18.3 Å². The lowest BCUT2D eigenvalue weighted by Gasteiger charge is -2.20. The van der Waals surface area contributed by atoms with Gasteiger partial charge in [-0.2, -0.15) is 0 Å². The van der Waals surface area contributed by atoms with E-state index < -0.39 is 0 Å². The molecule has 0 aliphatic carbocycles. The maximum Gasteiger partial charge on any atom is 0.230 e. The van der Waals surface area contributed by atoms with E-state index in [9.17, 15) is 4.79 Å². The number of aromatic nitrogens is 3. The Labute approximate surface area is 173 Å². The van der Waals surface area contributed by atoms with E-state index >= 15 is 0 Å². The van der Waals surface area contributed by atoms with Crippen LogP contribution in [0.15, 0.2) is 35.5 Å². The Morgan fingerprint density at radius 2 is 1.96 bits per heavy atom. The molecule has 0 spiro atoms. The molecular weight excluding hydrogens is 370 g/mol. The minimum Gasteiger partial charge on any atom is -0.355 e. The summed E-state index contributed by atoms with van der Waals surface area (Å²) in [7, 11) is 4.31. The molecule has 2 rings (SSSR count). The molecule has 28 heavy (non-hydrogen) atoms. The third-order valence-electron chi connectivity index (χ3n) is 4.81. The second-order valence-corrected chi connectivity index (χ2v) is 8.20. The zero-order valence-electron chi connectivity index (χ0n) is 17.6. The molecule has 0 bridgehead atoms. The third kappa shape index (κ3) is 6.63. The van der Waals surface area contributed by atoms with Crippen LogP contribution in [0.4, 0.5) is 0 Å². The summed E-state index contributed by atoms with van der Waals surface area (Å²) in [5.74, 6) is 1.44. The maximum absolute atomic E-state index is 12.2. The Kier molecular flexibility index (Phi) is 9.50. The number of thioether (sulfide) groups is 1. The first-order chi connectivity index (χ1) is 13.6. The monoisotopic (exact) mass is 404 g/mol. The van der Waals surface area contributed by atoms with E-state index in [2.05, 4.69) is 60.2 Å². The Hall–Kier alpha value is -1.86. The number of nitrogens with zero attached hydrogens (tertiary/aromatic N) is 3. The van der Waals surface area contributed by atoms with Crippen LogP contribution in [0.1, 0.15) is 50.5 Å². The molecule has 0 unspecified atom stereocenters. The number of nitrogens with one attached hydrogen (secondary N) is 2. The molecule has 0 saturated carbocycles. The molecule has 1 amide bonds. The molecule has 0 radical (unpaired) electrons. The molecule has 2 aromatic rings. The lowest BCUT2D eigenvalue weighted by molar-refractivity contribution is -0.893. The second kappa shape index (κ2) is 11.9. The normalized spacial score (nSPS) is 12.3. The minimum atomic E-state index is 0.0396. The van der Waals surface area contributed by atoms with Crippen LogP contribution in [-0.4, -0.2) is 47.1 Å². The van der Waals surface area contributed by atoms with Gasteiger partial charge >= 0.3 is 0 Å². The number of quaternary nitrogens is 1. The van der Waals surface area contributed by atoms with Gasteiger partial charge in [-0.05, 0) is 18.4 Å². The fourth-order valence-corrected chi connectivity index (χ4v) is 4.01. The topological polar surface area (TPSA) is 64.2 Å². The molecule has 0 aliphatic rings. The molecule has 1 aromatic carbocycles. The summed E-state index contributed by atoms with van der Waals surface area (Å²) in [5.41, 5.74) is 1.23. The fourth-order valence-electron chi connectivity index (χ4n) is 3.21. The van der Waals surface area contributed by atoms with Gasteiger partial charge in [0.2, 0.25) is 5.91 Å². The van der Waals surface area contributed by atoms with Gasteiger partial charge < -0.3 is 14.8 Å². The average Bonchev–Trinajstić information content (AvgIpc) is 3.08. The van der Waals surface area contributed by atoms with Crippen molar-refractivity contribution in [1.82, 2.24) is 20.1 Å². The van der Waals surface area contributed by atoms with Crippen molar-refractivity contribution in [3.05, 3.63) is 41.7 Å². The standard InChI is InChI=1S/C21H33N5OS/c1-5-7-15-26-20(18(6-2)25(3)4)23-24-21(26)28-16-19(27)22-14-13-17-11-9-8-10-12-17/h8-12,18H,5-7,13-16H2,1-4H3,(H,22,27)/p+1/t18-/m0/s1. The number of rotatable bonds is 12. The summed E-state index contributed by atoms with van der Waals surface area (Å²) in [4.78, 5) is 13.6. The predicted molar refractivity (Wildman–Crippen MR) is 115 cm³/mol. The highest BCUT2D eigenvalue weighted by Gasteiger charge is 2.24. The first kappa shape index (κ1) is 22.4. The van der Waals surface area contributed by atoms with E-state index in [1.54, 1.807) is 0 Å². The Morgan fingerprint density at radius 1 is 1.21 bits per heavy atom. The summed E-state index contributed by atoms with van der Waals surface area (Å²) >= 11 is 1.48. The first-order valence-corrected chi connectivity index (χ1v) is 11.2. The number of hydrogen-bond donors (Lipinski definition) is 2. The molecule has 0 aliphatic heterocycles. The zero-order chi connectivity index (χ0) is 20.4. The molecule has 0 saturated heterocycles. The predicted octanol–water partition coefficient (Wildman–Crippen LogP) is 2.12. The van der Waals surface area contributed by atoms with Gasteiger partial charge in [-0.15, -0.1) is 10.2 Å². The summed E-state index contributed by atoms with van der Waals surface area (Å²) in [6.45, 7) is 5.93. The Morgan fingerprint density at radius 3 is 2.61 bits per heavy atom. The van der Waals surface area contributed by atoms with Crippen LogP contribution in [-0.2, 0) is 17.8 Å². The van der Waals surface area contributed by atoms with Crippen LogP contribution < -0.4 is 10.2 Å². The van der Waals surface area contributed by atoms with Crippen LogP contribution in [0.25, 0.3) is 0 Å². The lowest BCUT2D eigenvalue weighted by atomic mass is 10.1. The van der Waals surface area contributed by atoms with Crippen molar-refractivity contribution in [3.63, 3.8) is 0 Å². The van der Waals surface area contributed by atoms with Crippen LogP contribution in [0.3, 0.4) is 0 Å². The van der Waals surface area contributed by atoms with Gasteiger partial charge in [0, 0.05) is 19.5 Å². The van der Waals surface area contributed by atoms with Crippen molar-refractivity contribution in [2.45, 2.75) is 57.3 Å². The Bertz CT molecular complexity index is 717. The van der Waals surface area contributed by atoms with Crippen molar-refractivity contribution in [2.75, 3.05) is 26.4 Å². The number of carbonyl (C=O) groups excluding carboxylic acids is 1.